The first-order chi connectivity index (χ1) is 13.0. The largest absolute Gasteiger partial charge is 0.467 e. The van der Waals surface area contributed by atoms with E-state index in [1.54, 1.807) is 24.3 Å². The van der Waals surface area contributed by atoms with Crippen LogP contribution in [0.2, 0.25) is 0 Å². The van der Waals surface area contributed by atoms with Gasteiger partial charge in [-0.05, 0) is 11.1 Å². The van der Waals surface area contributed by atoms with Crippen LogP contribution in [0.5, 0.6) is 0 Å². The summed E-state index contributed by atoms with van der Waals surface area (Å²) in [5.74, 6) is -0.623. The summed E-state index contributed by atoms with van der Waals surface area (Å²) in [6.45, 7) is -0.00178. The molecule has 8 heteroatoms. The van der Waals surface area contributed by atoms with Crippen LogP contribution in [-0.4, -0.2) is 41.4 Å². The van der Waals surface area contributed by atoms with Crippen molar-refractivity contribution in [2.24, 2.45) is 0 Å². The maximum atomic E-state index is 12.6. The van der Waals surface area contributed by atoms with Crippen LogP contribution in [0.25, 0.3) is 0 Å². The number of methoxy groups -OCH3 is 1. The molecule has 0 aliphatic carbocycles. The van der Waals surface area contributed by atoms with Gasteiger partial charge in [0.05, 0.1) is 13.7 Å². The fourth-order valence-electron chi connectivity index (χ4n) is 2.46. The van der Waals surface area contributed by atoms with Gasteiger partial charge in [0.25, 0.3) is 0 Å². The van der Waals surface area contributed by atoms with Crippen molar-refractivity contribution in [3.05, 3.63) is 71.8 Å². The van der Waals surface area contributed by atoms with Crippen molar-refractivity contribution in [1.29, 1.82) is 0 Å². The van der Waals surface area contributed by atoms with E-state index in [-0.39, 0.29) is 13.0 Å². The predicted molar refractivity (Wildman–Crippen MR) is 97.6 cm³/mol. The Labute approximate surface area is 156 Å². The Kier molecular flexibility index (Phi) is 7.18. The minimum atomic E-state index is -1.39. The number of hydrazine groups is 1. The first-order valence-electron chi connectivity index (χ1n) is 8.23. The lowest BCUT2D eigenvalue weighted by molar-refractivity contribution is -0.142. The summed E-state index contributed by atoms with van der Waals surface area (Å²) in [6.07, 6.45) is -1.18. The van der Waals surface area contributed by atoms with Crippen molar-refractivity contribution in [2.45, 2.75) is 19.0 Å². The molecule has 27 heavy (non-hydrogen) atoms. The number of esters is 1. The van der Waals surface area contributed by atoms with Crippen molar-refractivity contribution < 1.29 is 24.2 Å². The summed E-state index contributed by atoms with van der Waals surface area (Å²) < 4.78 is 4.76. The van der Waals surface area contributed by atoms with Gasteiger partial charge >= 0.3 is 18.1 Å². The zero-order valence-electron chi connectivity index (χ0n) is 14.8. The molecule has 8 nitrogen and oxygen atoms in total. The summed E-state index contributed by atoms with van der Waals surface area (Å²) in [4.78, 5) is 35.7. The molecule has 0 spiro atoms. The molecule has 1 atom stereocenters. The lowest BCUT2D eigenvalue weighted by Gasteiger charge is -2.25. The maximum Gasteiger partial charge on any atom is 0.423 e. The molecule has 3 amide bonds. The standard InChI is InChI=1S/C19H21N3O5/c1-27-17(23)16(12-14-8-4-2-5-9-14)20-18(24)22(21-19(25)26)13-15-10-6-3-7-11-15/h2-11,16,21H,12-13H2,1H3,(H,20,24)(H,25,26). The van der Waals surface area contributed by atoms with Crippen molar-refractivity contribution in [1.82, 2.24) is 15.8 Å². The molecule has 0 heterocycles. The fraction of sp³-hybridized carbons (Fsp3) is 0.211. The molecule has 2 aromatic carbocycles. The van der Waals surface area contributed by atoms with E-state index in [4.69, 9.17) is 9.84 Å². The number of rotatable bonds is 6. The van der Waals surface area contributed by atoms with Crippen molar-refractivity contribution in [2.75, 3.05) is 7.11 Å². The number of urea groups is 1. The lowest BCUT2D eigenvalue weighted by atomic mass is 10.1. The number of ether oxygens (including phenoxy) is 1. The minimum Gasteiger partial charge on any atom is -0.467 e. The summed E-state index contributed by atoms with van der Waals surface area (Å²) >= 11 is 0. The molecule has 0 saturated carbocycles. The van der Waals surface area contributed by atoms with E-state index >= 15 is 0 Å². The molecule has 2 aromatic rings. The fourth-order valence-corrected chi connectivity index (χ4v) is 2.46. The van der Waals surface area contributed by atoms with Gasteiger partial charge in [-0.15, -0.1) is 0 Å². The van der Waals surface area contributed by atoms with Crippen LogP contribution < -0.4 is 10.7 Å². The molecule has 2 rings (SSSR count). The molecular formula is C19H21N3O5. The van der Waals surface area contributed by atoms with E-state index in [1.807, 2.05) is 41.8 Å². The Morgan fingerprint density at radius 2 is 1.56 bits per heavy atom. The van der Waals surface area contributed by atoms with Crippen LogP contribution in [0.1, 0.15) is 11.1 Å². The Morgan fingerprint density at radius 1 is 1.00 bits per heavy atom. The van der Waals surface area contributed by atoms with Crippen LogP contribution in [0, 0.1) is 0 Å². The third-order valence-corrected chi connectivity index (χ3v) is 3.73. The summed E-state index contributed by atoms with van der Waals surface area (Å²) in [5.41, 5.74) is 3.59. The lowest BCUT2D eigenvalue weighted by Crippen LogP contribution is -2.54. The number of carbonyl (C=O) groups is 3. The average Bonchev–Trinajstić information content (AvgIpc) is 2.67. The van der Waals surface area contributed by atoms with E-state index in [0.717, 1.165) is 16.1 Å². The smallest absolute Gasteiger partial charge is 0.423 e. The maximum absolute atomic E-state index is 12.6. The predicted octanol–water partition coefficient (Wildman–Crippen LogP) is 2.17. The number of hydrogen-bond acceptors (Lipinski definition) is 4. The number of nitrogens with zero attached hydrogens (tertiary/aromatic N) is 1. The second-order valence-corrected chi connectivity index (χ2v) is 5.70. The van der Waals surface area contributed by atoms with Crippen LogP contribution in [0.3, 0.4) is 0 Å². The summed E-state index contributed by atoms with van der Waals surface area (Å²) in [7, 11) is 1.23. The molecule has 0 aromatic heterocycles. The first-order valence-corrected chi connectivity index (χ1v) is 8.23. The highest BCUT2D eigenvalue weighted by molar-refractivity contribution is 5.84. The molecule has 1 unspecified atom stereocenters. The van der Waals surface area contributed by atoms with E-state index in [1.165, 1.54) is 7.11 Å². The van der Waals surface area contributed by atoms with E-state index < -0.39 is 24.1 Å². The molecule has 3 N–H and O–H groups in total. The number of carboxylic acid groups (broad SMARTS) is 1. The van der Waals surface area contributed by atoms with Gasteiger partial charge in [-0.3, -0.25) is 0 Å². The van der Waals surface area contributed by atoms with Crippen LogP contribution >= 0.6 is 0 Å². The van der Waals surface area contributed by atoms with Gasteiger partial charge in [0, 0.05) is 6.42 Å². The van der Waals surface area contributed by atoms with Crippen molar-refractivity contribution >= 4 is 18.1 Å². The Hall–Kier alpha value is -3.55. The van der Waals surface area contributed by atoms with Gasteiger partial charge in [-0.2, -0.15) is 0 Å². The quantitative estimate of drug-likeness (QED) is 0.533. The average molecular weight is 371 g/mol. The number of hydrogen-bond donors (Lipinski definition) is 3. The molecular weight excluding hydrogens is 350 g/mol. The number of nitrogens with one attached hydrogen (secondary N) is 2. The van der Waals surface area contributed by atoms with Gasteiger partial charge in [-0.1, -0.05) is 60.7 Å². The number of amides is 3. The third-order valence-electron chi connectivity index (χ3n) is 3.73. The molecule has 0 aliphatic rings. The zero-order valence-corrected chi connectivity index (χ0v) is 14.8. The highest BCUT2D eigenvalue weighted by Crippen LogP contribution is 2.07. The Bertz CT molecular complexity index is 767. The van der Waals surface area contributed by atoms with Gasteiger partial charge in [0.2, 0.25) is 0 Å². The van der Waals surface area contributed by atoms with Gasteiger partial charge < -0.3 is 15.2 Å². The Morgan fingerprint density at radius 3 is 2.07 bits per heavy atom. The highest BCUT2D eigenvalue weighted by atomic mass is 16.5. The van der Waals surface area contributed by atoms with E-state index in [2.05, 4.69) is 5.32 Å². The zero-order chi connectivity index (χ0) is 19.6. The second kappa shape index (κ2) is 9.81. The summed E-state index contributed by atoms with van der Waals surface area (Å²) in [5, 5.41) is 12.4. The van der Waals surface area contributed by atoms with Crippen LogP contribution in [0.4, 0.5) is 9.59 Å². The van der Waals surface area contributed by atoms with E-state index in [0.29, 0.717) is 0 Å². The molecule has 0 aliphatic heterocycles. The number of carbonyl (C=O) groups excluding carboxylic acids is 2. The van der Waals surface area contributed by atoms with Crippen LogP contribution in [0.15, 0.2) is 60.7 Å². The monoisotopic (exact) mass is 371 g/mol. The van der Waals surface area contributed by atoms with Gasteiger partial charge in [0.1, 0.15) is 6.04 Å². The van der Waals surface area contributed by atoms with Gasteiger partial charge in [0.15, 0.2) is 0 Å². The van der Waals surface area contributed by atoms with E-state index in [9.17, 15) is 14.4 Å². The molecule has 0 radical (unpaired) electrons. The van der Waals surface area contributed by atoms with Crippen molar-refractivity contribution in [3.63, 3.8) is 0 Å². The Balaban J connectivity index is 2.13. The summed E-state index contributed by atoms with van der Waals surface area (Å²) in [6, 6.07) is 16.3. The second-order valence-electron chi connectivity index (χ2n) is 5.70. The van der Waals surface area contributed by atoms with Crippen LogP contribution in [-0.2, 0) is 22.5 Å². The highest BCUT2D eigenvalue weighted by Gasteiger charge is 2.25. The molecule has 0 bridgehead atoms. The molecule has 0 saturated heterocycles. The first kappa shape index (κ1) is 19.8. The SMILES string of the molecule is COC(=O)C(Cc1ccccc1)NC(=O)N(Cc1ccccc1)NC(=O)O. The molecule has 142 valence electrons. The molecule has 0 fully saturated rings. The van der Waals surface area contributed by atoms with Gasteiger partial charge in [-0.25, -0.2) is 24.8 Å². The topological polar surface area (TPSA) is 108 Å². The normalized spacial score (nSPS) is 11.1. The van der Waals surface area contributed by atoms with Crippen molar-refractivity contribution in [3.8, 4) is 0 Å². The number of benzene rings is 2. The third kappa shape index (κ3) is 6.35. The minimum absolute atomic E-state index is 0.00178.